The lowest BCUT2D eigenvalue weighted by molar-refractivity contribution is -0.130. The summed E-state index contributed by atoms with van der Waals surface area (Å²) in [5, 5.41) is 0. The van der Waals surface area contributed by atoms with E-state index in [2.05, 4.69) is 18.7 Å². The molecule has 0 radical (unpaired) electrons. The molecule has 0 bridgehead atoms. The molecule has 0 saturated carbocycles. The van der Waals surface area contributed by atoms with Crippen molar-refractivity contribution >= 4 is 5.91 Å². The van der Waals surface area contributed by atoms with Crippen molar-refractivity contribution in [1.82, 2.24) is 4.90 Å². The first-order valence-corrected chi connectivity index (χ1v) is 12.0. The van der Waals surface area contributed by atoms with Gasteiger partial charge in [-0.25, -0.2) is 0 Å². The predicted molar refractivity (Wildman–Crippen MR) is 115 cm³/mol. The van der Waals surface area contributed by atoms with E-state index < -0.39 is 0 Å². The molecule has 0 aromatic carbocycles. The molecule has 1 aliphatic rings. The molecule has 0 unspecified atom stereocenters. The summed E-state index contributed by atoms with van der Waals surface area (Å²) in [7, 11) is 0. The molecule has 0 N–H and O–H groups in total. The standard InChI is InChI=1S/C24H47NO/c1-23(2)19-15-13-11-9-7-5-3-4-6-8-10-12-14-16-20-24(26)25-21-17-18-22-25/h23H,3-22H2,1-2H3. The molecule has 1 rings (SSSR count). The second kappa shape index (κ2) is 16.6. The van der Waals surface area contributed by atoms with Crippen molar-refractivity contribution in [2.45, 2.75) is 129 Å². The van der Waals surface area contributed by atoms with E-state index >= 15 is 0 Å². The molecule has 0 atom stereocenters. The van der Waals surface area contributed by atoms with Gasteiger partial charge >= 0.3 is 0 Å². The Morgan fingerprint density at radius 2 is 1.04 bits per heavy atom. The molecular formula is C24H47NO. The molecule has 2 heteroatoms. The second-order valence-electron chi connectivity index (χ2n) is 8.97. The third-order valence-corrected chi connectivity index (χ3v) is 5.88. The summed E-state index contributed by atoms with van der Waals surface area (Å²) >= 11 is 0. The first kappa shape index (κ1) is 23.5. The van der Waals surface area contributed by atoms with Crippen LogP contribution in [-0.2, 0) is 4.79 Å². The van der Waals surface area contributed by atoms with Crippen LogP contribution < -0.4 is 0 Å². The highest BCUT2D eigenvalue weighted by atomic mass is 16.2. The van der Waals surface area contributed by atoms with E-state index in [0.717, 1.165) is 31.8 Å². The number of nitrogens with zero attached hydrogens (tertiary/aromatic N) is 1. The zero-order valence-electron chi connectivity index (χ0n) is 18.1. The Labute approximate surface area is 164 Å². The van der Waals surface area contributed by atoms with Gasteiger partial charge in [0.05, 0.1) is 0 Å². The van der Waals surface area contributed by atoms with Gasteiger partial charge in [0.15, 0.2) is 0 Å². The van der Waals surface area contributed by atoms with Crippen molar-refractivity contribution in [2.24, 2.45) is 5.92 Å². The van der Waals surface area contributed by atoms with Gasteiger partial charge in [0.25, 0.3) is 0 Å². The average Bonchev–Trinajstić information content (AvgIpc) is 3.15. The summed E-state index contributed by atoms with van der Waals surface area (Å²) in [6.07, 6.45) is 24.0. The molecule has 0 aromatic rings. The maximum Gasteiger partial charge on any atom is 0.222 e. The van der Waals surface area contributed by atoms with Gasteiger partial charge < -0.3 is 4.90 Å². The number of rotatable bonds is 17. The van der Waals surface area contributed by atoms with Crippen LogP contribution in [-0.4, -0.2) is 23.9 Å². The third-order valence-electron chi connectivity index (χ3n) is 5.88. The van der Waals surface area contributed by atoms with Gasteiger partial charge in [-0.05, 0) is 25.2 Å². The molecule has 26 heavy (non-hydrogen) atoms. The molecular weight excluding hydrogens is 318 g/mol. The number of carbonyl (C=O) groups excluding carboxylic acids is 1. The Morgan fingerprint density at radius 1 is 0.654 bits per heavy atom. The lowest BCUT2D eigenvalue weighted by Crippen LogP contribution is -2.27. The molecule has 2 nitrogen and oxygen atoms in total. The monoisotopic (exact) mass is 365 g/mol. The van der Waals surface area contributed by atoms with Crippen LogP contribution in [0.25, 0.3) is 0 Å². The highest BCUT2D eigenvalue weighted by molar-refractivity contribution is 5.76. The summed E-state index contributed by atoms with van der Waals surface area (Å²) in [5.41, 5.74) is 0. The van der Waals surface area contributed by atoms with Gasteiger partial charge in [-0.15, -0.1) is 0 Å². The minimum atomic E-state index is 0.405. The predicted octanol–water partition coefficient (Wildman–Crippen LogP) is 7.51. The summed E-state index contributed by atoms with van der Waals surface area (Å²) in [4.78, 5) is 14.0. The first-order valence-electron chi connectivity index (χ1n) is 12.0. The Bertz CT molecular complexity index is 320. The van der Waals surface area contributed by atoms with E-state index in [0.29, 0.717) is 5.91 Å². The van der Waals surface area contributed by atoms with E-state index in [4.69, 9.17) is 0 Å². The highest BCUT2D eigenvalue weighted by Gasteiger charge is 2.16. The second-order valence-corrected chi connectivity index (χ2v) is 8.97. The quantitative estimate of drug-likeness (QED) is 0.244. The normalized spacial score (nSPS) is 14.5. The van der Waals surface area contributed by atoms with E-state index in [1.807, 2.05) is 0 Å². The van der Waals surface area contributed by atoms with Crippen LogP contribution in [0.3, 0.4) is 0 Å². The van der Waals surface area contributed by atoms with Crippen LogP contribution in [0.15, 0.2) is 0 Å². The topological polar surface area (TPSA) is 20.3 Å². The summed E-state index contributed by atoms with van der Waals surface area (Å²) in [6, 6.07) is 0. The van der Waals surface area contributed by atoms with E-state index in [1.165, 1.54) is 103 Å². The highest BCUT2D eigenvalue weighted by Crippen LogP contribution is 2.15. The van der Waals surface area contributed by atoms with Crippen molar-refractivity contribution < 1.29 is 4.79 Å². The van der Waals surface area contributed by atoms with Crippen molar-refractivity contribution in [1.29, 1.82) is 0 Å². The number of carbonyl (C=O) groups is 1. The van der Waals surface area contributed by atoms with Gasteiger partial charge in [0.2, 0.25) is 5.91 Å². The first-order chi connectivity index (χ1) is 12.7. The summed E-state index contributed by atoms with van der Waals surface area (Å²) < 4.78 is 0. The number of unbranched alkanes of at least 4 members (excludes halogenated alkanes) is 13. The van der Waals surface area contributed by atoms with Gasteiger partial charge in [0.1, 0.15) is 0 Å². The summed E-state index contributed by atoms with van der Waals surface area (Å²) in [5.74, 6) is 1.29. The molecule has 1 heterocycles. The van der Waals surface area contributed by atoms with Crippen LogP contribution in [0.5, 0.6) is 0 Å². The Hall–Kier alpha value is -0.530. The zero-order valence-corrected chi connectivity index (χ0v) is 18.1. The SMILES string of the molecule is CC(C)CCCCCCCCCCCCCCCCC(=O)N1CCCC1. The van der Waals surface area contributed by atoms with Crippen LogP contribution in [0.1, 0.15) is 129 Å². The largest absolute Gasteiger partial charge is 0.343 e. The fourth-order valence-electron chi connectivity index (χ4n) is 4.07. The molecule has 0 aliphatic carbocycles. The zero-order chi connectivity index (χ0) is 18.9. The van der Waals surface area contributed by atoms with E-state index in [1.54, 1.807) is 0 Å². The lowest BCUT2D eigenvalue weighted by Gasteiger charge is -2.14. The molecule has 0 spiro atoms. The number of likely N-dealkylation sites (tertiary alicyclic amines) is 1. The van der Waals surface area contributed by atoms with Crippen LogP contribution in [0.2, 0.25) is 0 Å². The molecule has 1 saturated heterocycles. The molecule has 1 amide bonds. The summed E-state index contributed by atoms with van der Waals surface area (Å²) in [6.45, 7) is 6.68. The van der Waals surface area contributed by atoms with Crippen molar-refractivity contribution in [2.75, 3.05) is 13.1 Å². The van der Waals surface area contributed by atoms with Crippen molar-refractivity contribution in [3.63, 3.8) is 0 Å². The van der Waals surface area contributed by atoms with Crippen LogP contribution in [0.4, 0.5) is 0 Å². The maximum absolute atomic E-state index is 11.9. The fourth-order valence-corrected chi connectivity index (χ4v) is 4.07. The minimum Gasteiger partial charge on any atom is -0.343 e. The third kappa shape index (κ3) is 13.6. The van der Waals surface area contributed by atoms with E-state index in [9.17, 15) is 4.79 Å². The molecule has 1 aliphatic heterocycles. The lowest BCUT2D eigenvalue weighted by atomic mass is 10.0. The number of hydrogen-bond donors (Lipinski definition) is 0. The number of amides is 1. The van der Waals surface area contributed by atoms with Crippen LogP contribution >= 0.6 is 0 Å². The fraction of sp³-hybridized carbons (Fsp3) is 0.958. The van der Waals surface area contributed by atoms with Crippen molar-refractivity contribution in [3.8, 4) is 0 Å². The smallest absolute Gasteiger partial charge is 0.222 e. The molecule has 154 valence electrons. The Morgan fingerprint density at radius 3 is 1.46 bits per heavy atom. The van der Waals surface area contributed by atoms with Crippen LogP contribution in [0, 0.1) is 5.92 Å². The maximum atomic E-state index is 11.9. The molecule has 1 fully saturated rings. The minimum absolute atomic E-state index is 0.405. The molecule has 0 aromatic heterocycles. The Kier molecular flexibility index (Phi) is 15.0. The van der Waals surface area contributed by atoms with E-state index in [-0.39, 0.29) is 0 Å². The van der Waals surface area contributed by atoms with Gasteiger partial charge in [-0.3, -0.25) is 4.79 Å². The Balaban J connectivity index is 1.70. The van der Waals surface area contributed by atoms with Gasteiger partial charge in [-0.1, -0.05) is 104 Å². The van der Waals surface area contributed by atoms with Crippen molar-refractivity contribution in [3.05, 3.63) is 0 Å². The average molecular weight is 366 g/mol. The number of hydrogen-bond acceptors (Lipinski definition) is 1. The van der Waals surface area contributed by atoms with Gasteiger partial charge in [-0.2, -0.15) is 0 Å². The van der Waals surface area contributed by atoms with Gasteiger partial charge in [0, 0.05) is 19.5 Å².